The minimum atomic E-state index is -3.25. The van der Waals surface area contributed by atoms with Crippen molar-refractivity contribution >= 4 is 27.5 Å². The van der Waals surface area contributed by atoms with Gasteiger partial charge in [-0.15, -0.1) is 0 Å². The van der Waals surface area contributed by atoms with Crippen LogP contribution in [-0.2, 0) is 19.4 Å². The smallest absolute Gasteiger partial charge is 0.256 e. The van der Waals surface area contributed by atoms with Gasteiger partial charge in [-0.25, -0.2) is 8.42 Å². The summed E-state index contributed by atoms with van der Waals surface area (Å²) >= 11 is 0. The first kappa shape index (κ1) is 23.1. The summed E-state index contributed by atoms with van der Waals surface area (Å²) in [6, 6.07) is 13.3. The molecular weight excluding hydrogens is 486 g/mol. The lowest BCUT2D eigenvalue weighted by Crippen LogP contribution is -2.55. The quantitative estimate of drug-likeness (QED) is 0.562. The largest absolute Gasteiger partial charge is 0.342 e. The van der Waals surface area contributed by atoms with Crippen molar-refractivity contribution in [2.45, 2.75) is 61.1 Å². The van der Waals surface area contributed by atoms with Gasteiger partial charge in [0.05, 0.1) is 10.1 Å². The Morgan fingerprint density at radius 1 is 1.03 bits per heavy atom. The van der Waals surface area contributed by atoms with Crippen molar-refractivity contribution in [3.05, 3.63) is 53.6 Å². The zero-order valence-electron chi connectivity index (χ0n) is 21.0. The molecule has 2 aromatic rings. The number of likely N-dealkylation sites (tertiary alicyclic amines) is 1. The molecule has 1 saturated heterocycles. The van der Waals surface area contributed by atoms with E-state index in [0.29, 0.717) is 11.4 Å². The lowest BCUT2D eigenvalue weighted by atomic mass is 9.96. The van der Waals surface area contributed by atoms with Crippen LogP contribution in [0, 0.1) is 18.8 Å². The Kier molecular flexibility index (Phi) is 5.00. The fourth-order valence-corrected chi connectivity index (χ4v) is 7.41. The van der Waals surface area contributed by atoms with E-state index in [-0.39, 0.29) is 28.9 Å². The highest BCUT2D eigenvalue weighted by atomic mass is 32.2. The summed E-state index contributed by atoms with van der Waals surface area (Å²) in [5.74, 6) is 1.62. The van der Waals surface area contributed by atoms with E-state index in [1.54, 1.807) is 12.1 Å². The summed E-state index contributed by atoms with van der Waals surface area (Å²) in [4.78, 5) is 34.8. The molecular formula is C29H31N3O4S. The summed E-state index contributed by atoms with van der Waals surface area (Å²) in [6.45, 7) is 4.05. The van der Waals surface area contributed by atoms with Crippen LogP contribution in [0.3, 0.4) is 0 Å². The van der Waals surface area contributed by atoms with E-state index in [1.807, 2.05) is 41.0 Å². The van der Waals surface area contributed by atoms with Crippen LogP contribution < -0.4 is 0 Å². The maximum absolute atomic E-state index is 13.3. The minimum Gasteiger partial charge on any atom is -0.342 e. The maximum atomic E-state index is 13.3. The molecule has 7 nitrogen and oxygen atoms in total. The van der Waals surface area contributed by atoms with Gasteiger partial charge in [-0.3, -0.25) is 19.5 Å². The van der Waals surface area contributed by atoms with Crippen molar-refractivity contribution in [3.8, 4) is 11.1 Å². The van der Waals surface area contributed by atoms with Gasteiger partial charge in [0.2, 0.25) is 5.91 Å². The summed E-state index contributed by atoms with van der Waals surface area (Å²) < 4.78 is 25.5. The van der Waals surface area contributed by atoms with E-state index in [4.69, 9.17) is 4.99 Å². The Labute approximate surface area is 217 Å². The molecule has 0 radical (unpaired) electrons. The maximum Gasteiger partial charge on any atom is 0.256 e. The number of amidine groups is 1. The van der Waals surface area contributed by atoms with Crippen LogP contribution in [0.4, 0.5) is 0 Å². The first-order valence-electron chi connectivity index (χ1n) is 13.4. The normalized spacial score (nSPS) is 22.8. The molecule has 1 spiro atoms. The van der Waals surface area contributed by atoms with Gasteiger partial charge in [-0.2, -0.15) is 0 Å². The predicted molar refractivity (Wildman–Crippen MR) is 140 cm³/mol. The summed E-state index contributed by atoms with van der Waals surface area (Å²) in [5, 5.41) is -0.236. The fraction of sp³-hybridized carbons (Fsp3) is 0.483. The number of aryl methyl sites for hydroxylation is 1. The molecule has 192 valence electrons. The molecule has 5 aliphatic rings. The number of carbonyl (C=O) groups excluding carboxylic acids is 2. The first-order chi connectivity index (χ1) is 17.7. The van der Waals surface area contributed by atoms with Crippen LogP contribution in [0.2, 0.25) is 0 Å². The lowest BCUT2D eigenvalue weighted by Gasteiger charge is -2.41. The average molecular weight is 518 g/mol. The van der Waals surface area contributed by atoms with Gasteiger partial charge >= 0.3 is 0 Å². The van der Waals surface area contributed by atoms with Crippen LogP contribution >= 0.6 is 0 Å². The van der Waals surface area contributed by atoms with Crippen LogP contribution in [-0.4, -0.2) is 66.3 Å². The Morgan fingerprint density at radius 2 is 1.76 bits per heavy atom. The van der Waals surface area contributed by atoms with Gasteiger partial charge in [-0.05, 0) is 74.3 Å². The number of benzene rings is 2. The molecule has 3 aliphatic carbocycles. The standard InChI is InChI=1S/C29H31N3O4S/c1-18-13-22(21-3-2-4-24(14-21)37(35,36)23-8-9-23)7-10-25(18)26-30-29(11-12-29)28(34)32(26)17-19-15-31(16-19)27(33)20-5-6-20/h2-4,7,10,13-14,19-20,23H,5-6,8-9,11-12,15-17H2,1H3. The molecule has 2 aromatic carbocycles. The molecule has 2 amide bonds. The zero-order chi connectivity index (χ0) is 25.5. The fourth-order valence-electron chi connectivity index (χ4n) is 5.71. The highest BCUT2D eigenvalue weighted by molar-refractivity contribution is 7.92. The molecule has 0 atom stereocenters. The van der Waals surface area contributed by atoms with E-state index in [2.05, 4.69) is 6.07 Å². The predicted octanol–water partition coefficient (Wildman–Crippen LogP) is 3.59. The van der Waals surface area contributed by atoms with E-state index in [9.17, 15) is 18.0 Å². The van der Waals surface area contributed by atoms with Crippen molar-refractivity contribution in [2.24, 2.45) is 16.8 Å². The number of aliphatic imine (C=N–C) groups is 1. The minimum absolute atomic E-state index is 0.0935. The summed E-state index contributed by atoms with van der Waals surface area (Å²) in [7, 11) is -3.25. The molecule has 8 heteroatoms. The number of amides is 2. The summed E-state index contributed by atoms with van der Waals surface area (Å²) in [6.07, 6.45) is 5.10. The second-order valence-corrected chi connectivity index (χ2v) is 13.8. The zero-order valence-corrected chi connectivity index (χ0v) is 21.8. The van der Waals surface area contributed by atoms with Crippen LogP contribution in [0.5, 0.6) is 0 Å². The molecule has 2 heterocycles. The highest BCUT2D eigenvalue weighted by Gasteiger charge is 2.58. The van der Waals surface area contributed by atoms with Gasteiger partial charge in [0.25, 0.3) is 5.91 Å². The topological polar surface area (TPSA) is 87.1 Å². The van der Waals surface area contributed by atoms with Crippen molar-refractivity contribution in [1.29, 1.82) is 0 Å². The third-order valence-electron chi connectivity index (χ3n) is 8.51. The number of nitrogens with zero attached hydrogens (tertiary/aromatic N) is 3. The molecule has 7 rings (SSSR count). The Hall–Kier alpha value is -3.00. The third kappa shape index (κ3) is 3.92. The van der Waals surface area contributed by atoms with Crippen LogP contribution in [0.15, 0.2) is 52.4 Å². The second kappa shape index (κ2) is 8.00. The van der Waals surface area contributed by atoms with Crippen LogP contribution in [0.1, 0.15) is 49.7 Å². The Balaban J connectivity index is 1.13. The van der Waals surface area contributed by atoms with Gasteiger partial charge in [-0.1, -0.05) is 30.3 Å². The molecule has 2 aliphatic heterocycles. The SMILES string of the molecule is Cc1cc(-c2cccc(S(=O)(=O)C3CC3)c2)ccc1C1=NC2(CC2)C(=O)N1CC1CN(C(=O)C2CC2)C1. The van der Waals surface area contributed by atoms with Gasteiger partial charge < -0.3 is 4.90 Å². The molecule has 0 aromatic heterocycles. The molecule has 0 bridgehead atoms. The second-order valence-electron chi connectivity index (χ2n) is 11.6. The molecule has 37 heavy (non-hydrogen) atoms. The number of sulfone groups is 1. The molecule has 4 fully saturated rings. The van der Waals surface area contributed by atoms with Crippen molar-refractivity contribution < 1.29 is 18.0 Å². The average Bonchev–Trinajstić information content (AvgIpc) is 3.73. The number of hydrogen-bond acceptors (Lipinski definition) is 5. The monoisotopic (exact) mass is 517 g/mol. The Morgan fingerprint density at radius 3 is 2.41 bits per heavy atom. The van der Waals surface area contributed by atoms with E-state index in [1.165, 1.54) is 0 Å². The van der Waals surface area contributed by atoms with Gasteiger partial charge in [0, 0.05) is 37.0 Å². The third-order valence-corrected chi connectivity index (χ3v) is 10.8. The highest BCUT2D eigenvalue weighted by Crippen LogP contribution is 2.47. The van der Waals surface area contributed by atoms with Crippen molar-refractivity contribution in [2.75, 3.05) is 19.6 Å². The van der Waals surface area contributed by atoms with Crippen LogP contribution in [0.25, 0.3) is 11.1 Å². The molecule has 3 saturated carbocycles. The van der Waals surface area contributed by atoms with Gasteiger partial charge in [0.15, 0.2) is 9.84 Å². The lowest BCUT2D eigenvalue weighted by molar-refractivity contribution is -0.139. The van der Waals surface area contributed by atoms with E-state index >= 15 is 0 Å². The number of rotatable bonds is 7. The van der Waals surface area contributed by atoms with E-state index < -0.39 is 15.4 Å². The van der Waals surface area contributed by atoms with Gasteiger partial charge in [0.1, 0.15) is 11.4 Å². The first-order valence-corrected chi connectivity index (χ1v) is 15.0. The number of hydrogen-bond donors (Lipinski definition) is 0. The number of carbonyl (C=O) groups is 2. The molecule has 0 unspecified atom stereocenters. The molecule has 0 N–H and O–H groups in total. The Bertz CT molecular complexity index is 1460. The van der Waals surface area contributed by atoms with Crippen molar-refractivity contribution in [3.63, 3.8) is 0 Å². The van der Waals surface area contributed by atoms with E-state index in [0.717, 1.165) is 79.7 Å². The summed E-state index contributed by atoms with van der Waals surface area (Å²) in [5.41, 5.74) is 3.17. The van der Waals surface area contributed by atoms with Crippen molar-refractivity contribution in [1.82, 2.24) is 9.80 Å².